The van der Waals surface area contributed by atoms with E-state index in [2.05, 4.69) is 14.8 Å². The van der Waals surface area contributed by atoms with Gasteiger partial charge in [0.1, 0.15) is 11.6 Å². The van der Waals surface area contributed by atoms with Crippen molar-refractivity contribution < 1.29 is 22.7 Å². The van der Waals surface area contributed by atoms with Gasteiger partial charge in [-0.2, -0.15) is 4.31 Å². The van der Waals surface area contributed by atoms with Crippen LogP contribution in [0, 0.1) is 0 Å². The number of morpholine rings is 1. The van der Waals surface area contributed by atoms with E-state index in [1.807, 2.05) is 37.3 Å². The van der Waals surface area contributed by atoms with E-state index in [1.165, 1.54) is 4.31 Å². The summed E-state index contributed by atoms with van der Waals surface area (Å²) in [5, 5.41) is 2.66. The second kappa shape index (κ2) is 9.48. The highest BCUT2D eigenvalue weighted by Crippen LogP contribution is 2.34. The molecular formula is C24H29N5O5S. The van der Waals surface area contributed by atoms with E-state index in [-0.39, 0.29) is 10.8 Å². The maximum absolute atomic E-state index is 13.2. The molecule has 186 valence electrons. The molecule has 1 saturated heterocycles. The molecule has 11 heteroatoms. The number of benzene rings is 2. The second-order valence-corrected chi connectivity index (χ2v) is 10.4. The molecule has 1 fully saturated rings. The molecule has 0 bridgehead atoms. The highest BCUT2D eigenvalue weighted by atomic mass is 32.2. The van der Waals surface area contributed by atoms with Gasteiger partial charge in [-0.1, -0.05) is 12.1 Å². The van der Waals surface area contributed by atoms with E-state index in [0.717, 1.165) is 17.0 Å². The molecule has 1 unspecified atom stereocenters. The van der Waals surface area contributed by atoms with Gasteiger partial charge in [0.2, 0.25) is 10.0 Å². The summed E-state index contributed by atoms with van der Waals surface area (Å²) < 4.78 is 41.1. The summed E-state index contributed by atoms with van der Waals surface area (Å²) in [7, 11) is -2.03. The number of carbonyl (C=O) groups is 1. The molecule has 0 saturated carbocycles. The van der Waals surface area contributed by atoms with Gasteiger partial charge in [0.25, 0.3) is 5.91 Å². The number of amides is 1. The maximum atomic E-state index is 13.2. The Hall–Kier alpha value is -3.15. The summed E-state index contributed by atoms with van der Waals surface area (Å²) in [6, 6.07) is 12.7. The number of aromatic nitrogens is 2. The first-order valence-electron chi connectivity index (χ1n) is 11.7. The fraction of sp³-hybridized carbons (Fsp3) is 0.417. The van der Waals surface area contributed by atoms with E-state index in [1.54, 1.807) is 19.2 Å². The summed E-state index contributed by atoms with van der Waals surface area (Å²) in [6.07, 6.45) is -0.639. The number of hydrogen-bond acceptors (Lipinski definition) is 7. The van der Waals surface area contributed by atoms with E-state index in [9.17, 15) is 13.2 Å². The van der Waals surface area contributed by atoms with Crippen molar-refractivity contribution >= 4 is 32.7 Å². The third-order valence-electron chi connectivity index (χ3n) is 6.46. The molecule has 10 nitrogen and oxygen atoms in total. The summed E-state index contributed by atoms with van der Waals surface area (Å²) in [5.74, 6) is 1.24. The van der Waals surface area contributed by atoms with Gasteiger partial charge >= 0.3 is 0 Å². The Labute approximate surface area is 204 Å². The van der Waals surface area contributed by atoms with Crippen LogP contribution in [0.3, 0.4) is 0 Å². The number of hydrogen-bond donors (Lipinski definition) is 1. The van der Waals surface area contributed by atoms with Crippen LogP contribution >= 0.6 is 0 Å². The molecule has 1 atom stereocenters. The molecule has 3 aromatic rings. The predicted octanol–water partition coefficient (Wildman–Crippen LogP) is 1.59. The minimum absolute atomic E-state index is 0.188. The first-order valence-corrected chi connectivity index (χ1v) is 13.2. The van der Waals surface area contributed by atoms with Gasteiger partial charge in [-0.25, -0.2) is 13.4 Å². The number of sulfonamides is 1. The Morgan fingerprint density at radius 3 is 2.69 bits per heavy atom. The molecule has 2 aliphatic heterocycles. The lowest BCUT2D eigenvalue weighted by Crippen LogP contribution is -2.48. The molecule has 3 heterocycles. The zero-order valence-electron chi connectivity index (χ0n) is 19.8. The van der Waals surface area contributed by atoms with Crippen LogP contribution in [0.2, 0.25) is 0 Å². The fourth-order valence-corrected chi connectivity index (χ4v) is 6.08. The summed E-state index contributed by atoms with van der Waals surface area (Å²) in [6.45, 7) is 5.01. The van der Waals surface area contributed by atoms with E-state index in [0.29, 0.717) is 57.2 Å². The Balaban J connectivity index is 1.49. The molecule has 1 N–H and O–H groups in total. The molecule has 0 spiro atoms. The number of anilines is 1. The summed E-state index contributed by atoms with van der Waals surface area (Å²) in [5.41, 5.74) is 2.38. The first kappa shape index (κ1) is 23.6. The normalized spacial score (nSPS) is 18.8. The molecule has 0 aliphatic carbocycles. The number of likely N-dealkylation sites (N-methyl/N-ethyl adjacent to an activating group) is 1. The van der Waals surface area contributed by atoms with Crippen molar-refractivity contribution in [2.45, 2.75) is 31.0 Å². The summed E-state index contributed by atoms with van der Waals surface area (Å²) >= 11 is 0. The van der Waals surface area contributed by atoms with E-state index >= 15 is 0 Å². The lowest BCUT2D eigenvalue weighted by atomic mass is 10.1. The third-order valence-corrected chi connectivity index (χ3v) is 8.35. The molecule has 5 rings (SSSR count). The van der Waals surface area contributed by atoms with Crippen molar-refractivity contribution in [2.75, 3.05) is 44.8 Å². The van der Waals surface area contributed by atoms with Crippen molar-refractivity contribution in [2.24, 2.45) is 0 Å². The van der Waals surface area contributed by atoms with Crippen molar-refractivity contribution in [3.63, 3.8) is 0 Å². The van der Waals surface area contributed by atoms with Gasteiger partial charge in [-0.3, -0.25) is 4.79 Å². The predicted molar refractivity (Wildman–Crippen MR) is 131 cm³/mol. The second-order valence-electron chi connectivity index (χ2n) is 8.51. The SMILES string of the molecule is CCn1c(CN2CC(C(=O)NC)Oc3ccccc32)nc2cc(S(=O)(=O)N3CCOCC3)ccc21. The van der Waals surface area contributed by atoms with Gasteiger partial charge in [0.05, 0.1) is 47.9 Å². The quantitative estimate of drug-likeness (QED) is 0.549. The standard InChI is InChI=1S/C24H29N5O5S/c1-3-29-19-9-8-17(35(31,32)28-10-12-33-13-11-28)14-18(19)26-23(29)16-27-15-22(24(30)25-2)34-21-7-5-4-6-20(21)27/h4-9,14,22H,3,10-13,15-16H2,1-2H3,(H,25,30). The Morgan fingerprint density at radius 2 is 1.94 bits per heavy atom. The van der Waals surface area contributed by atoms with Crippen LogP contribution in [0.25, 0.3) is 11.0 Å². The van der Waals surface area contributed by atoms with Crippen LogP contribution in [0.5, 0.6) is 5.75 Å². The van der Waals surface area contributed by atoms with Gasteiger partial charge < -0.3 is 24.3 Å². The largest absolute Gasteiger partial charge is 0.477 e. The maximum Gasteiger partial charge on any atom is 0.262 e. The highest BCUT2D eigenvalue weighted by molar-refractivity contribution is 7.89. The number of imidazole rings is 1. The number of fused-ring (bicyclic) bond motifs is 2. The van der Waals surface area contributed by atoms with Crippen LogP contribution in [0.1, 0.15) is 12.7 Å². The molecule has 0 radical (unpaired) electrons. The third kappa shape index (κ3) is 4.35. The van der Waals surface area contributed by atoms with Gasteiger partial charge in [0, 0.05) is 26.7 Å². The smallest absolute Gasteiger partial charge is 0.262 e. The molecule has 1 amide bonds. The molecule has 2 aromatic carbocycles. The topological polar surface area (TPSA) is 106 Å². The minimum atomic E-state index is -3.62. The first-order chi connectivity index (χ1) is 16.9. The zero-order chi connectivity index (χ0) is 24.6. The number of nitrogens with one attached hydrogen (secondary N) is 1. The number of rotatable bonds is 6. The van der Waals surface area contributed by atoms with Crippen molar-refractivity contribution in [1.29, 1.82) is 0 Å². The van der Waals surface area contributed by atoms with E-state index in [4.69, 9.17) is 14.5 Å². The van der Waals surface area contributed by atoms with Crippen molar-refractivity contribution in [3.8, 4) is 5.75 Å². The monoisotopic (exact) mass is 499 g/mol. The Morgan fingerprint density at radius 1 is 1.17 bits per heavy atom. The average molecular weight is 500 g/mol. The lowest BCUT2D eigenvalue weighted by molar-refractivity contribution is -0.127. The molecule has 35 heavy (non-hydrogen) atoms. The minimum Gasteiger partial charge on any atom is -0.477 e. The number of carbonyl (C=O) groups excluding carboxylic acids is 1. The number of ether oxygens (including phenoxy) is 2. The van der Waals surface area contributed by atoms with Crippen LogP contribution in [-0.4, -0.2) is 74.2 Å². The van der Waals surface area contributed by atoms with Crippen LogP contribution in [0.15, 0.2) is 47.4 Å². The number of aryl methyl sites for hydroxylation is 1. The van der Waals surface area contributed by atoms with Crippen LogP contribution in [-0.2, 0) is 32.6 Å². The number of nitrogens with zero attached hydrogens (tertiary/aromatic N) is 4. The average Bonchev–Trinajstić information content (AvgIpc) is 3.24. The van der Waals surface area contributed by atoms with Gasteiger partial charge in [-0.05, 0) is 37.3 Å². The van der Waals surface area contributed by atoms with Crippen molar-refractivity contribution in [1.82, 2.24) is 19.2 Å². The molecular weight excluding hydrogens is 470 g/mol. The molecule has 1 aromatic heterocycles. The lowest BCUT2D eigenvalue weighted by Gasteiger charge is -2.35. The van der Waals surface area contributed by atoms with E-state index < -0.39 is 16.1 Å². The number of para-hydroxylation sites is 2. The fourth-order valence-electron chi connectivity index (χ4n) is 4.65. The zero-order valence-corrected chi connectivity index (χ0v) is 20.6. The Kier molecular flexibility index (Phi) is 6.39. The van der Waals surface area contributed by atoms with Crippen molar-refractivity contribution in [3.05, 3.63) is 48.3 Å². The highest BCUT2D eigenvalue weighted by Gasteiger charge is 2.31. The molecule has 2 aliphatic rings. The summed E-state index contributed by atoms with van der Waals surface area (Å²) in [4.78, 5) is 19.5. The van der Waals surface area contributed by atoms with Crippen LogP contribution < -0.4 is 15.0 Å². The van der Waals surface area contributed by atoms with Gasteiger partial charge in [-0.15, -0.1) is 0 Å². The van der Waals surface area contributed by atoms with Crippen LogP contribution in [0.4, 0.5) is 5.69 Å². The van der Waals surface area contributed by atoms with Gasteiger partial charge in [0.15, 0.2) is 6.10 Å². The Bertz CT molecular complexity index is 1350.